The summed E-state index contributed by atoms with van der Waals surface area (Å²) in [7, 11) is 0. The van der Waals surface area contributed by atoms with E-state index in [1.165, 1.54) is 16.7 Å². The number of fused-ring (bicyclic) bond motifs is 1. The van der Waals surface area contributed by atoms with E-state index in [4.69, 9.17) is 5.73 Å². The molecule has 22 heavy (non-hydrogen) atoms. The molecule has 2 aromatic rings. The summed E-state index contributed by atoms with van der Waals surface area (Å²) in [5.74, 6) is 0.00216. The van der Waals surface area contributed by atoms with Gasteiger partial charge in [-0.15, -0.1) is 0 Å². The van der Waals surface area contributed by atoms with Crippen molar-refractivity contribution in [3.05, 3.63) is 71.3 Å². The van der Waals surface area contributed by atoms with Crippen LogP contribution in [0.5, 0.6) is 0 Å². The first-order valence-corrected chi connectivity index (χ1v) is 7.83. The average molecular weight is 294 g/mol. The molecule has 1 aliphatic heterocycles. The molecule has 3 rings (SSSR count). The number of amides is 1. The predicted molar refractivity (Wildman–Crippen MR) is 88.1 cm³/mol. The van der Waals surface area contributed by atoms with Gasteiger partial charge in [0.2, 0.25) is 5.91 Å². The summed E-state index contributed by atoms with van der Waals surface area (Å²) in [5.41, 5.74) is 9.48. The molecule has 114 valence electrons. The molecule has 0 saturated heterocycles. The highest BCUT2D eigenvalue weighted by Crippen LogP contribution is 2.34. The largest absolute Gasteiger partial charge is 0.331 e. The zero-order valence-electron chi connectivity index (χ0n) is 12.9. The molecule has 3 nitrogen and oxygen atoms in total. The molecular formula is C19H22N2O. The molecule has 2 atom stereocenters. The normalized spacial score (nSPS) is 18.6. The van der Waals surface area contributed by atoms with E-state index in [9.17, 15) is 4.79 Å². The number of hydrogen-bond acceptors (Lipinski definition) is 2. The van der Waals surface area contributed by atoms with Crippen molar-refractivity contribution in [1.29, 1.82) is 0 Å². The van der Waals surface area contributed by atoms with E-state index < -0.39 is 0 Å². The molecule has 2 unspecified atom stereocenters. The SMILES string of the molecule is CC(CN)C(=O)N1Cc2ccccc2CC1c1ccccc1. The Morgan fingerprint density at radius 3 is 2.45 bits per heavy atom. The molecule has 0 spiro atoms. The minimum absolute atomic E-state index is 0.0950. The van der Waals surface area contributed by atoms with E-state index >= 15 is 0 Å². The third kappa shape index (κ3) is 2.77. The van der Waals surface area contributed by atoms with E-state index in [2.05, 4.69) is 30.3 Å². The maximum Gasteiger partial charge on any atom is 0.227 e. The van der Waals surface area contributed by atoms with Crippen molar-refractivity contribution >= 4 is 5.91 Å². The molecule has 0 saturated carbocycles. The fourth-order valence-corrected chi connectivity index (χ4v) is 3.11. The summed E-state index contributed by atoms with van der Waals surface area (Å²) in [6.45, 7) is 2.96. The molecule has 0 bridgehead atoms. The summed E-state index contributed by atoms with van der Waals surface area (Å²) < 4.78 is 0. The Bertz CT molecular complexity index is 653. The van der Waals surface area contributed by atoms with Crippen LogP contribution >= 0.6 is 0 Å². The third-order valence-electron chi connectivity index (χ3n) is 4.49. The average Bonchev–Trinajstić information content (AvgIpc) is 2.60. The lowest BCUT2D eigenvalue weighted by Gasteiger charge is -2.38. The van der Waals surface area contributed by atoms with Gasteiger partial charge in [-0.25, -0.2) is 0 Å². The van der Waals surface area contributed by atoms with Crippen LogP contribution in [0.15, 0.2) is 54.6 Å². The van der Waals surface area contributed by atoms with Crippen LogP contribution in [-0.4, -0.2) is 17.4 Å². The van der Waals surface area contributed by atoms with E-state index in [-0.39, 0.29) is 17.9 Å². The fourth-order valence-electron chi connectivity index (χ4n) is 3.11. The van der Waals surface area contributed by atoms with Crippen LogP contribution in [0.3, 0.4) is 0 Å². The third-order valence-corrected chi connectivity index (χ3v) is 4.49. The van der Waals surface area contributed by atoms with Crippen LogP contribution < -0.4 is 5.73 Å². The quantitative estimate of drug-likeness (QED) is 0.946. The summed E-state index contributed by atoms with van der Waals surface area (Å²) >= 11 is 0. The highest BCUT2D eigenvalue weighted by atomic mass is 16.2. The molecule has 0 aliphatic carbocycles. The lowest BCUT2D eigenvalue weighted by atomic mass is 9.89. The van der Waals surface area contributed by atoms with Crippen molar-refractivity contribution in [2.24, 2.45) is 11.7 Å². The van der Waals surface area contributed by atoms with Crippen LogP contribution in [0.1, 0.15) is 29.7 Å². The number of hydrogen-bond donors (Lipinski definition) is 1. The summed E-state index contributed by atoms with van der Waals surface area (Å²) in [4.78, 5) is 14.8. The van der Waals surface area contributed by atoms with Crippen molar-refractivity contribution in [1.82, 2.24) is 4.90 Å². The maximum atomic E-state index is 12.8. The van der Waals surface area contributed by atoms with Crippen molar-refractivity contribution in [3.63, 3.8) is 0 Å². The first-order valence-electron chi connectivity index (χ1n) is 7.83. The predicted octanol–water partition coefficient (Wildman–Crippen LogP) is 2.91. The second-order valence-corrected chi connectivity index (χ2v) is 6.00. The molecule has 3 heteroatoms. The Labute approximate surface area is 131 Å². The molecule has 2 N–H and O–H groups in total. The van der Waals surface area contributed by atoms with Gasteiger partial charge in [-0.05, 0) is 23.1 Å². The molecule has 0 aromatic heterocycles. The fraction of sp³-hybridized carbons (Fsp3) is 0.316. The summed E-state index contributed by atoms with van der Waals surface area (Å²) in [5, 5.41) is 0. The van der Waals surface area contributed by atoms with Gasteiger partial charge in [-0.2, -0.15) is 0 Å². The minimum atomic E-state index is -0.142. The number of carbonyl (C=O) groups is 1. The van der Waals surface area contributed by atoms with Gasteiger partial charge >= 0.3 is 0 Å². The number of nitrogens with zero attached hydrogens (tertiary/aromatic N) is 1. The Kier molecular flexibility index (Phi) is 4.25. The molecule has 2 aromatic carbocycles. The monoisotopic (exact) mass is 294 g/mol. The van der Waals surface area contributed by atoms with Gasteiger partial charge < -0.3 is 10.6 Å². The molecule has 1 amide bonds. The van der Waals surface area contributed by atoms with Crippen molar-refractivity contribution < 1.29 is 4.79 Å². The van der Waals surface area contributed by atoms with Crippen molar-refractivity contribution in [2.75, 3.05) is 6.54 Å². The van der Waals surface area contributed by atoms with Gasteiger partial charge in [0, 0.05) is 19.0 Å². The topological polar surface area (TPSA) is 46.3 Å². The Morgan fingerprint density at radius 1 is 1.14 bits per heavy atom. The number of rotatable bonds is 3. The van der Waals surface area contributed by atoms with Crippen LogP contribution in [0.4, 0.5) is 0 Å². The highest BCUT2D eigenvalue weighted by molar-refractivity contribution is 5.79. The Morgan fingerprint density at radius 2 is 1.77 bits per heavy atom. The lowest BCUT2D eigenvalue weighted by Crippen LogP contribution is -2.43. The first-order chi connectivity index (χ1) is 10.7. The molecule has 0 fully saturated rings. The van der Waals surface area contributed by atoms with Crippen LogP contribution in [-0.2, 0) is 17.8 Å². The molecule has 0 radical (unpaired) electrons. The second-order valence-electron chi connectivity index (χ2n) is 6.00. The van der Waals surface area contributed by atoms with E-state index in [1.807, 2.05) is 36.1 Å². The Balaban J connectivity index is 1.99. The van der Waals surface area contributed by atoms with Crippen molar-refractivity contribution in [3.8, 4) is 0 Å². The van der Waals surface area contributed by atoms with E-state index in [0.29, 0.717) is 13.1 Å². The number of benzene rings is 2. The zero-order valence-corrected chi connectivity index (χ0v) is 12.9. The zero-order chi connectivity index (χ0) is 15.5. The lowest BCUT2D eigenvalue weighted by molar-refractivity contribution is -0.138. The van der Waals surface area contributed by atoms with Crippen LogP contribution in [0, 0.1) is 5.92 Å². The molecule has 1 heterocycles. The van der Waals surface area contributed by atoms with Crippen molar-refractivity contribution in [2.45, 2.75) is 25.9 Å². The number of nitrogens with two attached hydrogens (primary N) is 1. The van der Waals surface area contributed by atoms with Gasteiger partial charge in [0.15, 0.2) is 0 Å². The smallest absolute Gasteiger partial charge is 0.227 e. The van der Waals surface area contributed by atoms with Gasteiger partial charge in [-0.1, -0.05) is 61.5 Å². The van der Waals surface area contributed by atoms with Gasteiger partial charge in [0.25, 0.3) is 0 Å². The highest BCUT2D eigenvalue weighted by Gasteiger charge is 2.32. The summed E-state index contributed by atoms with van der Waals surface area (Å²) in [6, 6.07) is 18.8. The standard InChI is InChI=1S/C19H22N2O/c1-14(12-20)19(22)21-13-17-10-6-5-9-16(17)11-18(21)15-7-3-2-4-8-15/h2-10,14,18H,11-13,20H2,1H3. The Hall–Kier alpha value is -2.13. The van der Waals surface area contributed by atoms with Gasteiger partial charge in [0.05, 0.1) is 6.04 Å². The first kappa shape index (κ1) is 14.8. The van der Waals surface area contributed by atoms with Crippen LogP contribution in [0.2, 0.25) is 0 Å². The second kappa shape index (κ2) is 6.32. The maximum absolute atomic E-state index is 12.8. The minimum Gasteiger partial charge on any atom is -0.331 e. The van der Waals surface area contributed by atoms with Crippen LogP contribution in [0.25, 0.3) is 0 Å². The van der Waals surface area contributed by atoms with E-state index in [0.717, 1.165) is 6.42 Å². The summed E-state index contributed by atoms with van der Waals surface area (Å²) in [6.07, 6.45) is 0.864. The molecular weight excluding hydrogens is 272 g/mol. The molecule has 1 aliphatic rings. The van der Waals surface area contributed by atoms with Gasteiger partial charge in [0.1, 0.15) is 0 Å². The van der Waals surface area contributed by atoms with E-state index in [1.54, 1.807) is 0 Å². The number of carbonyl (C=O) groups excluding carboxylic acids is 1. The van der Waals surface area contributed by atoms with Gasteiger partial charge in [-0.3, -0.25) is 4.79 Å².